The number of nitrogens with zero attached hydrogens (tertiary/aromatic N) is 3. The van der Waals surface area contributed by atoms with Crippen LogP contribution >= 0.6 is 11.3 Å². The predicted molar refractivity (Wildman–Crippen MR) is 101 cm³/mol. The van der Waals surface area contributed by atoms with E-state index < -0.39 is 24.0 Å². The maximum absolute atomic E-state index is 12.5. The summed E-state index contributed by atoms with van der Waals surface area (Å²) in [6, 6.07) is 6.58. The number of hydrogen-bond acceptors (Lipinski definition) is 8. The number of thiophene rings is 1. The Bertz CT molecular complexity index is 995. The minimum atomic E-state index is -0.857. The second kappa shape index (κ2) is 9.09. The Kier molecular flexibility index (Phi) is 6.33. The van der Waals surface area contributed by atoms with E-state index >= 15 is 0 Å². The van der Waals surface area contributed by atoms with Crippen LogP contribution in [0.15, 0.2) is 45.1 Å². The molecule has 0 aromatic carbocycles. The van der Waals surface area contributed by atoms with Crippen LogP contribution in [0, 0.1) is 0 Å². The molecule has 0 bridgehead atoms. The molecule has 0 unspecified atom stereocenters. The molecular formula is C18H18N4O5S. The zero-order valence-corrected chi connectivity index (χ0v) is 15.9. The summed E-state index contributed by atoms with van der Waals surface area (Å²) >= 11 is 1.47. The Labute approximate surface area is 164 Å². The SMILES string of the molecule is CCCN(Cc1nnc(-c2cccs2)o1)C(=O)COC(=O)c1ccc[nH]c1=O. The first-order chi connectivity index (χ1) is 13.6. The molecule has 146 valence electrons. The smallest absolute Gasteiger partial charge is 0.344 e. The number of nitrogens with one attached hydrogen (secondary N) is 1. The Morgan fingerprint density at radius 3 is 2.86 bits per heavy atom. The molecule has 1 N–H and O–H groups in total. The molecule has 1 amide bonds. The second-order valence-corrected chi connectivity index (χ2v) is 6.73. The van der Waals surface area contributed by atoms with Gasteiger partial charge in [0.15, 0.2) is 6.61 Å². The van der Waals surface area contributed by atoms with Crippen molar-refractivity contribution in [1.82, 2.24) is 20.1 Å². The number of hydrogen-bond donors (Lipinski definition) is 1. The number of carbonyl (C=O) groups excluding carboxylic acids is 2. The summed E-state index contributed by atoms with van der Waals surface area (Å²) in [5.74, 6) is -0.595. The second-order valence-electron chi connectivity index (χ2n) is 5.78. The first-order valence-corrected chi connectivity index (χ1v) is 9.45. The van der Waals surface area contributed by atoms with Gasteiger partial charge in [-0.2, -0.15) is 0 Å². The normalized spacial score (nSPS) is 10.6. The number of ether oxygens (including phenoxy) is 1. The number of pyridine rings is 1. The Balaban J connectivity index is 1.61. The molecule has 0 aliphatic rings. The molecule has 0 aliphatic carbocycles. The number of rotatable bonds is 8. The van der Waals surface area contributed by atoms with Gasteiger partial charge in [0.25, 0.3) is 17.4 Å². The van der Waals surface area contributed by atoms with Crippen molar-refractivity contribution in [2.45, 2.75) is 19.9 Å². The van der Waals surface area contributed by atoms with E-state index in [4.69, 9.17) is 9.15 Å². The fourth-order valence-electron chi connectivity index (χ4n) is 2.42. The van der Waals surface area contributed by atoms with Crippen molar-refractivity contribution < 1.29 is 18.7 Å². The minimum absolute atomic E-state index is 0.106. The third kappa shape index (κ3) is 4.71. The van der Waals surface area contributed by atoms with Gasteiger partial charge >= 0.3 is 5.97 Å². The lowest BCUT2D eigenvalue weighted by atomic mass is 10.3. The highest BCUT2D eigenvalue weighted by Crippen LogP contribution is 2.23. The van der Waals surface area contributed by atoms with E-state index in [1.807, 2.05) is 24.4 Å². The summed E-state index contributed by atoms with van der Waals surface area (Å²) in [6.07, 6.45) is 2.10. The van der Waals surface area contributed by atoms with Gasteiger partial charge in [-0.3, -0.25) is 9.59 Å². The summed E-state index contributed by atoms with van der Waals surface area (Å²) in [5, 5.41) is 9.86. The monoisotopic (exact) mass is 402 g/mol. The van der Waals surface area contributed by atoms with Crippen LogP contribution in [0.25, 0.3) is 10.8 Å². The van der Waals surface area contributed by atoms with Crippen LogP contribution in [0.4, 0.5) is 0 Å². The lowest BCUT2D eigenvalue weighted by molar-refractivity contribution is -0.135. The van der Waals surface area contributed by atoms with E-state index in [1.165, 1.54) is 34.6 Å². The van der Waals surface area contributed by atoms with Gasteiger partial charge in [-0.15, -0.1) is 21.5 Å². The number of amides is 1. The number of esters is 1. The van der Waals surface area contributed by atoms with Crippen LogP contribution in [-0.4, -0.2) is 45.1 Å². The molecule has 9 nitrogen and oxygen atoms in total. The van der Waals surface area contributed by atoms with Crippen molar-refractivity contribution in [3.8, 4) is 10.8 Å². The van der Waals surface area contributed by atoms with E-state index in [2.05, 4.69) is 15.2 Å². The highest BCUT2D eigenvalue weighted by molar-refractivity contribution is 7.13. The van der Waals surface area contributed by atoms with Crippen molar-refractivity contribution in [2.24, 2.45) is 0 Å². The van der Waals surface area contributed by atoms with Crippen LogP contribution in [0.5, 0.6) is 0 Å². The molecule has 3 rings (SSSR count). The summed E-state index contributed by atoms with van der Waals surface area (Å²) in [6.45, 7) is 1.97. The maximum Gasteiger partial charge on any atom is 0.344 e. The average Bonchev–Trinajstić information content (AvgIpc) is 3.37. The van der Waals surface area contributed by atoms with Crippen molar-refractivity contribution in [1.29, 1.82) is 0 Å². The largest absolute Gasteiger partial charge is 0.452 e. The van der Waals surface area contributed by atoms with Gasteiger partial charge in [0, 0.05) is 12.7 Å². The molecular weight excluding hydrogens is 384 g/mol. The van der Waals surface area contributed by atoms with Gasteiger partial charge in [-0.1, -0.05) is 13.0 Å². The predicted octanol–water partition coefficient (Wildman–Crippen LogP) is 2.08. The fourth-order valence-corrected chi connectivity index (χ4v) is 3.07. The van der Waals surface area contributed by atoms with E-state index in [0.29, 0.717) is 18.9 Å². The van der Waals surface area contributed by atoms with Crippen molar-refractivity contribution in [2.75, 3.05) is 13.2 Å². The van der Waals surface area contributed by atoms with Crippen LogP contribution in [0.3, 0.4) is 0 Å². The standard InChI is InChI=1S/C18H18N4O5S/c1-2-8-22(10-14-20-21-17(27-14)13-6-4-9-28-13)15(23)11-26-18(25)12-5-3-7-19-16(12)24/h3-7,9H,2,8,10-11H2,1H3,(H,19,24). The molecule has 0 saturated carbocycles. The molecule has 0 aliphatic heterocycles. The van der Waals surface area contributed by atoms with Crippen molar-refractivity contribution >= 4 is 23.2 Å². The zero-order valence-electron chi connectivity index (χ0n) is 15.1. The first-order valence-electron chi connectivity index (χ1n) is 8.57. The van der Waals surface area contributed by atoms with Gasteiger partial charge in [0.1, 0.15) is 5.56 Å². The Morgan fingerprint density at radius 2 is 2.14 bits per heavy atom. The van der Waals surface area contributed by atoms with Crippen molar-refractivity contribution in [3.63, 3.8) is 0 Å². The Hall–Kier alpha value is -3.27. The summed E-state index contributed by atoms with van der Waals surface area (Å²) in [5.41, 5.74) is -0.729. The highest BCUT2D eigenvalue weighted by Gasteiger charge is 2.20. The molecule has 3 heterocycles. The average molecular weight is 402 g/mol. The van der Waals surface area contributed by atoms with E-state index in [0.717, 1.165) is 4.88 Å². The van der Waals surface area contributed by atoms with Crippen LogP contribution in [0.1, 0.15) is 29.6 Å². The summed E-state index contributed by atoms with van der Waals surface area (Å²) in [7, 11) is 0. The van der Waals surface area contributed by atoms with Gasteiger partial charge in [0.2, 0.25) is 5.89 Å². The first kappa shape index (κ1) is 19.5. The fraction of sp³-hybridized carbons (Fsp3) is 0.278. The van der Waals surface area contributed by atoms with Gasteiger partial charge in [0.05, 0.1) is 11.4 Å². The molecule has 0 radical (unpaired) electrons. The van der Waals surface area contributed by atoms with Gasteiger partial charge < -0.3 is 19.0 Å². The molecule has 0 saturated heterocycles. The number of aromatic amines is 1. The molecule has 10 heteroatoms. The van der Waals surface area contributed by atoms with E-state index in [9.17, 15) is 14.4 Å². The lowest BCUT2D eigenvalue weighted by Crippen LogP contribution is -2.35. The summed E-state index contributed by atoms with van der Waals surface area (Å²) < 4.78 is 10.6. The molecule has 0 spiro atoms. The van der Waals surface area contributed by atoms with Gasteiger partial charge in [-0.25, -0.2) is 4.79 Å². The topological polar surface area (TPSA) is 118 Å². The third-order valence-electron chi connectivity index (χ3n) is 3.74. The quantitative estimate of drug-likeness (QED) is 0.573. The molecule has 28 heavy (non-hydrogen) atoms. The maximum atomic E-state index is 12.5. The molecule has 0 atom stereocenters. The molecule has 0 fully saturated rings. The molecule has 3 aromatic rings. The van der Waals surface area contributed by atoms with Crippen molar-refractivity contribution in [3.05, 3.63) is 57.7 Å². The van der Waals surface area contributed by atoms with Crippen LogP contribution in [-0.2, 0) is 16.1 Å². The van der Waals surface area contributed by atoms with Crippen LogP contribution < -0.4 is 5.56 Å². The van der Waals surface area contributed by atoms with Gasteiger partial charge in [-0.05, 0) is 30.0 Å². The molecule has 3 aromatic heterocycles. The van der Waals surface area contributed by atoms with E-state index in [-0.39, 0.29) is 18.0 Å². The number of H-pyrrole nitrogens is 1. The lowest BCUT2D eigenvalue weighted by Gasteiger charge is -2.20. The number of carbonyl (C=O) groups is 2. The summed E-state index contributed by atoms with van der Waals surface area (Å²) in [4.78, 5) is 40.8. The highest BCUT2D eigenvalue weighted by atomic mass is 32.1. The number of aromatic nitrogens is 3. The Morgan fingerprint density at radius 1 is 1.29 bits per heavy atom. The van der Waals surface area contributed by atoms with Crippen LogP contribution in [0.2, 0.25) is 0 Å². The minimum Gasteiger partial charge on any atom is -0.452 e. The third-order valence-corrected chi connectivity index (χ3v) is 4.59. The zero-order chi connectivity index (χ0) is 19.9. The van der Waals surface area contributed by atoms with E-state index in [1.54, 1.807) is 0 Å².